The maximum atomic E-state index is 5.15. The van der Waals surface area contributed by atoms with Crippen LogP contribution >= 0.6 is 12.2 Å². The highest BCUT2D eigenvalue weighted by Crippen LogP contribution is 1.97. The molecule has 0 spiro atoms. The lowest BCUT2D eigenvalue weighted by Crippen LogP contribution is -1.92. The van der Waals surface area contributed by atoms with Gasteiger partial charge in [0.25, 0.3) is 0 Å². The number of rotatable bonds is 2. The quantitative estimate of drug-likeness (QED) is 0.559. The fourth-order valence-corrected chi connectivity index (χ4v) is 1.38. The van der Waals surface area contributed by atoms with Crippen molar-refractivity contribution in [1.29, 1.82) is 0 Å². The summed E-state index contributed by atoms with van der Waals surface area (Å²) in [6.45, 7) is 0. The summed E-state index contributed by atoms with van der Waals surface area (Å²) >= 11 is 5.15. The predicted octanol–water partition coefficient (Wildman–Crippen LogP) is 2.44. The van der Waals surface area contributed by atoms with E-state index < -0.39 is 0 Å². The maximum absolute atomic E-state index is 5.15. The standard InChI is InChI=1S/C11H11N3S/c1-13-7-8-14(11(13)15)12-9-10-5-3-2-4-6-10/h2-9H,1H3/b12-9-. The first-order chi connectivity index (χ1) is 7.27. The number of nitrogens with zero attached hydrogens (tertiary/aromatic N) is 3. The third kappa shape index (κ3) is 2.22. The minimum Gasteiger partial charge on any atom is -0.325 e. The van der Waals surface area contributed by atoms with Crippen LogP contribution in [-0.4, -0.2) is 15.5 Å². The van der Waals surface area contributed by atoms with Crippen molar-refractivity contribution in [2.24, 2.45) is 12.1 Å². The van der Waals surface area contributed by atoms with Crippen molar-refractivity contribution < 1.29 is 0 Å². The lowest BCUT2D eigenvalue weighted by Gasteiger charge is -1.93. The van der Waals surface area contributed by atoms with E-state index in [0.29, 0.717) is 4.77 Å². The highest BCUT2D eigenvalue weighted by Gasteiger charge is 1.91. The molecule has 1 aromatic heterocycles. The first kappa shape index (κ1) is 9.86. The second-order valence-electron chi connectivity index (χ2n) is 3.19. The molecule has 3 nitrogen and oxygen atoms in total. The van der Waals surface area contributed by atoms with Gasteiger partial charge in [-0.3, -0.25) is 0 Å². The van der Waals surface area contributed by atoms with Gasteiger partial charge in [-0.1, -0.05) is 30.3 Å². The Labute approximate surface area is 93.3 Å². The molecule has 0 radical (unpaired) electrons. The molecule has 0 amide bonds. The van der Waals surface area contributed by atoms with E-state index in [4.69, 9.17) is 12.2 Å². The number of benzene rings is 1. The van der Waals surface area contributed by atoms with Crippen LogP contribution in [0.2, 0.25) is 0 Å². The Balaban J connectivity index is 2.27. The molecular weight excluding hydrogens is 206 g/mol. The third-order valence-corrected chi connectivity index (χ3v) is 2.54. The highest BCUT2D eigenvalue weighted by molar-refractivity contribution is 7.71. The zero-order valence-corrected chi connectivity index (χ0v) is 9.19. The van der Waals surface area contributed by atoms with Gasteiger partial charge in [-0.25, -0.2) is 4.68 Å². The van der Waals surface area contributed by atoms with E-state index in [1.54, 1.807) is 10.9 Å². The molecule has 15 heavy (non-hydrogen) atoms. The van der Waals surface area contributed by atoms with Gasteiger partial charge in [0.2, 0.25) is 0 Å². The molecule has 0 fully saturated rings. The van der Waals surface area contributed by atoms with Gasteiger partial charge in [0.15, 0.2) is 4.77 Å². The van der Waals surface area contributed by atoms with Crippen LogP contribution < -0.4 is 0 Å². The summed E-state index contributed by atoms with van der Waals surface area (Å²) in [6, 6.07) is 9.93. The van der Waals surface area contributed by atoms with Gasteiger partial charge >= 0.3 is 0 Å². The summed E-state index contributed by atoms with van der Waals surface area (Å²) in [7, 11) is 1.90. The van der Waals surface area contributed by atoms with E-state index in [1.165, 1.54) is 0 Å². The molecule has 2 aromatic rings. The molecule has 0 bridgehead atoms. The van der Waals surface area contributed by atoms with Crippen LogP contribution in [0, 0.1) is 4.77 Å². The van der Waals surface area contributed by atoms with Crippen LogP contribution in [0.15, 0.2) is 47.8 Å². The molecule has 0 saturated heterocycles. The van der Waals surface area contributed by atoms with Gasteiger partial charge in [-0.2, -0.15) is 5.10 Å². The smallest absolute Gasteiger partial charge is 0.200 e. The fraction of sp³-hybridized carbons (Fsp3) is 0.0909. The minimum absolute atomic E-state index is 0.683. The first-order valence-corrected chi connectivity index (χ1v) is 5.01. The van der Waals surface area contributed by atoms with Crippen LogP contribution in [0.4, 0.5) is 0 Å². The van der Waals surface area contributed by atoms with Crippen molar-refractivity contribution in [3.8, 4) is 0 Å². The average molecular weight is 217 g/mol. The molecule has 0 saturated carbocycles. The van der Waals surface area contributed by atoms with E-state index in [2.05, 4.69) is 5.10 Å². The van der Waals surface area contributed by atoms with Gasteiger partial charge in [-0.15, -0.1) is 0 Å². The summed E-state index contributed by atoms with van der Waals surface area (Å²) < 4.78 is 4.20. The van der Waals surface area contributed by atoms with Gasteiger partial charge in [0.05, 0.1) is 6.21 Å². The monoisotopic (exact) mass is 217 g/mol. The maximum Gasteiger partial charge on any atom is 0.200 e. The number of hydrogen-bond donors (Lipinski definition) is 0. The van der Waals surface area contributed by atoms with Crippen LogP contribution in [0.25, 0.3) is 0 Å². The number of imidazole rings is 1. The Bertz CT molecular complexity index is 522. The lowest BCUT2D eigenvalue weighted by molar-refractivity contribution is 0.798. The van der Waals surface area contributed by atoms with Crippen molar-refractivity contribution in [3.05, 3.63) is 53.1 Å². The van der Waals surface area contributed by atoms with Crippen LogP contribution in [0.5, 0.6) is 0 Å². The molecule has 0 N–H and O–H groups in total. The molecule has 76 valence electrons. The normalized spacial score (nSPS) is 11.0. The van der Waals surface area contributed by atoms with Crippen molar-refractivity contribution in [2.75, 3.05) is 0 Å². The Morgan fingerprint density at radius 3 is 2.53 bits per heavy atom. The summed E-state index contributed by atoms with van der Waals surface area (Å²) in [5.41, 5.74) is 1.06. The van der Waals surface area contributed by atoms with Crippen molar-refractivity contribution in [2.45, 2.75) is 0 Å². The summed E-state index contributed by atoms with van der Waals surface area (Å²) in [5, 5.41) is 4.26. The third-order valence-electron chi connectivity index (χ3n) is 2.06. The number of aromatic nitrogens is 2. The van der Waals surface area contributed by atoms with Gasteiger partial charge in [0.1, 0.15) is 0 Å². The molecule has 0 unspecified atom stereocenters. The second kappa shape index (κ2) is 4.23. The van der Waals surface area contributed by atoms with Crippen molar-refractivity contribution in [1.82, 2.24) is 9.24 Å². The molecule has 0 aliphatic heterocycles. The zero-order chi connectivity index (χ0) is 10.7. The van der Waals surface area contributed by atoms with E-state index >= 15 is 0 Å². The molecule has 2 rings (SSSR count). The molecule has 0 atom stereocenters. The van der Waals surface area contributed by atoms with E-state index in [9.17, 15) is 0 Å². The summed E-state index contributed by atoms with van der Waals surface area (Å²) in [5.74, 6) is 0. The van der Waals surface area contributed by atoms with E-state index in [0.717, 1.165) is 5.56 Å². The van der Waals surface area contributed by atoms with E-state index in [1.807, 2.05) is 54.3 Å². The first-order valence-electron chi connectivity index (χ1n) is 4.61. The van der Waals surface area contributed by atoms with Gasteiger partial charge in [-0.05, 0) is 17.8 Å². The molecule has 1 heterocycles. The molecule has 1 aromatic carbocycles. The second-order valence-corrected chi connectivity index (χ2v) is 3.56. The molecular formula is C11H11N3S. The zero-order valence-electron chi connectivity index (χ0n) is 8.37. The Kier molecular flexibility index (Phi) is 2.78. The topological polar surface area (TPSA) is 22.2 Å². The largest absolute Gasteiger partial charge is 0.325 e. The van der Waals surface area contributed by atoms with Crippen molar-refractivity contribution >= 4 is 18.4 Å². The summed E-state index contributed by atoms with van der Waals surface area (Å²) in [6.07, 6.45) is 5.50. The summed E-state index contributed by atoms with van der Waals surface area (Å²) in [4.78, 5) is 0. The SMILES string of the molecule is Cn1ccn(/N=C\c2ccccc2)c1=S. The molecule has 4 heteroatoms. The van der Waals surface area contributed by atoms with Crippen LogP contribution in [0.3, 0.4) is 0 Å². The molecule has 0 aliphatic rings. The number of aryl methyl sites for hydroxylation is 1. The average Bonchev–Trinajstić information content (AvgIpc) is 2.59. The Morgan fingerprint density at radius 1 is 1.20 bits per heavy atom. The van der Waals surface area contributed by atoms with E-state index in [-0.39, 0.29) is 0 Å². The van der Waals surface area contributed by atoms with Crippen LogP contribution in [-0.2, 0) is 7.05 Å². The highest BCUT2D eigenvalue weighted by atomic mass is 32.1. The van der Waals surface area contributed by atoms with Crippen molar-refractivity contribution in [3.63, 3.8) is 0 Å². The predicted molar refractivity (Wildman–Crippen MR) is 63.7 cm³/mol. The Hall–Kier alpha value is -1.68. The van der Waals surface area contributed by atoms with Gasteiger partial charge < -0.3 is 4.57 Å². The van der Waals surface area contributed by atoms with Crippen LogP contribution in [0.1, 0.15) is 5.56 Å². The number of hydrogen-bond acceptors (Lipinski definition) is 2. The minimum atomic E-state index is 0.683. The van der Waals surface area contributed by atoms with Gasteiger partial charge in [0, 0.05) is 19.4 Å². The Morgan fingerprint density at radius 2 is 1.93 bits per heavy atom. The fourth-order valence-electron chi connectivity index (χ4n) is 1.21. The lowest BCUT2D eigenvalue weighted by atomic mass is 10.2. The molecule has 0 aliphatic carbocycles.